The van der Waals surface area contributed by atoms with Crippen LogP contribution in [0.3, 0.4) is 0 Å². The minimum absolute atomic E-state index is 0.0422. The van der Waals surface area contributed by atoms with Crippen molar-refractivity contribution in [3.8, 4) is 5.75 Å². The van der Waals surface area contributed by atoms with Crippen molar-refractivity contribution in [3.63, 3.8) is 0 Å². The van der Waals surface area contributed by atoms with Crippen LogP contribution in [0.4, 0.5) is 4.79 Å². The molecule has 1 aromatic carbocycles. The smallest absolute Gasteiger partial charge is 0.324 e. The monoisotopic (exact) mass is 485 g/mol. The zero-order valence-electron chi connectivity index (χ0n) is 18.4. The Labute approximate surface area is 194 Å². The number of ether oxygens (including phenoxy) is 1. The standard InChI is InChI=1S/C22H32ClN3O5S/c1-24-12-18(17-7-8-19(23)20(11-17)31-14-16-5-6-16)15-32(29,30)10-4-2-3-9-26-13-21(27)25-22(26)28/h7-8,11,16,18,24H,2-6,9-10,12-15H2,1H3,(H,25,27,28)/t18-/m0/s1. The number of imide groups is 1. The number of amides is 3. The number of nitrogens with zero attached hydrogens (tertiary/aromatic N) is 1. The highest BCUT2D eigenvalue weighted by Crippen LogP contribution is 2.33. The molecule has 3 amide bonds. The summed E-state index contributed by atoms with van der Waals surface area (Å²) in [7, 11) is -1.46. The van der Waals surface area contributed by atoms with E-state index in [1.165, 1.54) is 17.7 Å². The third kappa shape index (κ3) is 7.64. The molecule has 1 atom stereocenters. The van der Waals surface area contributed by atoms with Gasteiger partial charge in [0, 0.05) is 19.0 Å². The lowest BCUT2D eigenvalue weighted by atomic mass is 10.0. The van der Waals surface area contributed by atoms with E-state index in [1.807, 2.05) is 12.1 Å². The van der Waals surface area contributed by atoms with E-state index in [0.29, 0.717) is 55.6 Å². The van der Waals surface area contributed by atoms with Gasteiger partial charge in [-0.3, -0.25) is 10.1 Å². The molecule has 178 valence electrons. The number of rotatable bonds is 14. The van der Waals surface area contributed by atoms with Gasteiger partial charge in [0.15, 0.2) is 9.84 Å². The van der Waals surface area contributed by atoms with E-state index in [0.717, 1.165) is 5.56 Å². The molecule has 3 rings (SSSR count). The Kier molecular flexibility index (Phi) is 8.79. The molecule has 10 heteroatoms. The summed E-state index contributed by atoms with van der Waals surface area (Å²) in [5, 5.41) is 5.86. The van der Waals surface area contributed by atoms with Crippen LogP contribution in [0.5, 0.6) is 5.75 Å². The molecule has 1 aliphatic heterocycles. The number of carbonyl (C=O) groups excluding carboxylic acids is 2. The van der Waals surface area contributed by atoms with Crippen LogP contribution in [0.2, 0.25) is 5.02 Å². The Morgan fingerprint density at radius 3 is 2.69 bits per heavy atom. The molecule has 0 radical (unpaired) electrons. The van der Waals surface area contributed by atoms with Crippen LogP contribution in [0.15, 0.2) is 18.2 Å². The number of unbranched alkanes of at least 4 members (excludes halogenated alkanes) is 2. The number of urea groups is 1. The first-order chi connectivity index (χ1) is 15.3. The van der Waals surface area contributed by atoms with E-state index >= 15 is 0 Å². The van der Waals surface area contributed by atoms with Crippen LogP contribution in [-0.2, 0) is 14.6 Å². The summed E-state index contributed by atoms with van der Waals surface area (Å²) >= 11 is 6.27. The summed E-state index contributed by atoms with van der Waals surface area (Å²) < 4.78 is 31.4. The number of likely N-dealkylation sites (N-methyl/N-ethyl adjacent to an activating group) is 1. The van der Waals surface area contributed by atoms with E-state index in [2.05, 4.69) is 10.6 Å². The van der Waals surface area contributed by atoms with E-state index in [9.17, 15) is 18.0 Å². The molecular weight excluding hydrogens is 454 g/mol. The summed E-state index contributed by atoms with van der Waals surface area (Å²) in [4.78, 5) is 24.2. The lowest BCUT2D eigenvalue weighted by Gasteiger charge is -2.19. The maximum Gasteiger partial charge on any atom is 0.324 e. The Morgan fingerprint density at radius 1 is 1.25 bits per heavy atom. The normalized spacial score (nSPS) is 17.5. The molecule has 0 unspecified atom stereocenters. The van der Waals surface area contributed by atoms with Crippen molar-refractivity contribution < 1.29 is 22.7 Å². The lowest BCUT2D eigenvalue weighted by Crippen LogP contribution is -2.29. The minimum atomic E-state index is -3.27. The van der Waals surface area contributed by atoms with Crippen LogP contribution in [0.25, 0.3) is 0 Å². The average molecular weight is 486 g/mol. The van der Waals surface area contributed by atoms with E-state index < -0.39 is 9.84 Å². The Hall–Kier alpha value is -1.84. The maximum absolute atomic E-state index is 12.8. The molecule has 8 nitrogen and oxygen atoms in total. The summed E-state index contributed by atoms with van der Waals surface area (Å²) in [5.41, 5.74) is 0.892. The fourth-order valence-electron chi connectivity index (χ4n) is 3.75. The molecule has 32 heavy (non-hydrogen) atoms. The van der Waals surface area contributed by atoms with Crippen LogP contribution in [0.1, 0.15) is 43.6 Å². The van der Waals surface area contributed by atoms with E-state index in [4.69, 9.17) is 16.3 Å². The van der Waals surface area contributed by atoms with Gasteiger partial charge in [0.2, 0.25) is 5.91 Å². The van der Waals surface area contributed by atoms with Gasteiger partial charge in [-0.15, -0.1) is 0 Å². The molecule has 1 aromatic rings. The van der Waals surface area contributed by atoms with Crippen molar-refractivity contribution in [1.82, 2.24) is 15.5 Å². The van der Waals surface area contributed by atoms with Crippen molar-refractivity contribution in [2.45, 2.75) is 38.0 Å². The number of carbonyl (C=O) groups is 2. The summed E-state index contributed by atoms with van der Waals surface area (Å²) in [5.74, 6) is 0.848. The second kappa shape index (κ2) is 11.3. The number of sulfone groups is 1. The lowest BCUT2D eigenvalue weighted by molar-refractivity contribution is -0.118. The summed E-state index contributed by atoms with van der Waals surface area (Å²) in [6, 6.07) is 5.13. The van der Waals surface area contributed by atoms with Crippen molar-refractivity contribution in [1.29, 1.82) is 0 Å². The fourth-order valence-corrected chi connectivity index (χ4v) is 5.66. The van der Waals surface area contributed by atoms with Crippen LogP contribution < -0.4 is 15.4 Å². The zero-order valence-corrected chi connectivity index (χ0v) is 20.0. The molecule has 0 aromatic heterocycles. The second-order valence-corrected chi connectivity index (χ2v) is 11.3. The molecule has 0 bridgehead atoms. The van der Waals surface area contributed by atoms with Crippen LogP contribution in [-0.4, -0.2) is 70.1 Å². The minimum Gasteiger partial charge on any atom is -0.492 e. The summed E-state index contributed by atoms with van der Waals surface area (Å²) in [6.07, 6.45) is 4.22. The predicted octanol–water partition coefficient (Wildman–Crippen LogP) is 2.57. The first-order valence-corrected chi connectivity index (χ1v) is 13.3. The van der Waals surface area contributed by atoms with Crippen LogP contribution >= 0.6 is 11.6 Å². The van der Waals surface area contributed by atoms with Gasteiger partial charge in [-0.25, -0.2) is 13.2 Å². The number of hydrogen-bond acceptors (Lipinski definition) is 6. The molecule has 1 aliphatic carbocycles. The molecule has 2 fully saturated rings. The van der Waals surface area contributed by atoms with Gasteiger partial charge in [-0.1, -0.05) is 24.1 Å². The summed E-state index contributed by atoms with van der Waals surface area (Å²) in [6.45, 7) is 1.71. The Balaban J connectivity index is 1.49. The number of nitrogens with one attached hydrogen (secondary N) is 2. The van der Waals surface area contributed by atoms with Gasteiger partial charge in [0.05, 0.1) is 23.1 Å². The van der Waals surface area contributed by atoms with Gasteiger partial charge in [0.25, 0.3) is 0 Å². The number of hydrogen-bond donors (Lipinski definition) is 2. The quantitative estimate of drug-likeness (QED) is 0.310. The molecule has 1 saturated carbocycles. The van der Waals surface area contributed by atoms with Gasteiger partial charge >= 0.3 is 6.03 Å². The largest absolute Gasteiger partial charge is 0.492 e. The first kappa shape index (κ1) is 24.8. The van der Waals surface area contributed by atoms with E-state index in [1.54, 1.807) is 13.1 Å². The highest BCUT2D eigenvalue weighted by molar-refractivity contribution is 7.91. The molecule has 1 saturated heterocycles. The number of halogens is 1. The van der Waals surface area contributed by atoms with E-state index in [-0.39, 0.29) is 35.9 Å². The van der Waals surface area contributed by atoms with Gasteiger partial charge < -0.3 is 15.0 Å². The first-order valence-electron chi connectivity index (χ1n) is 11.1. The topological polar surface area (TPSA) is 105 Å². The van der Waals surface area contributed by atoms with Gasteiger partial charge in [-0.05, 0) is 56.3 Å². The molecule has 0 spiro atoms. The van der Waals surface area contributed by atoms with Crippen LogP contribution in [0, 0.1) is 5.92 Å². The third-order valence-electron chi connectivity index (χ3n) is 5.76. The van der Waals surface area contributed by atoms with Crippen molar-refractivity contribution in [3.05, 3.63) is 28.8 Å². The highest BCUT2D eigenvalue weighted by Gasteiger charge is 2.26. The maximum atomic E-state index is 12.8. The van der Waals surface area contributed by atoms with Crippen molar-refractivity contribution in [2.24, 2.45) is 5.92 Å². The molecular formula is C22H32ClN3O5S. The molecule has 2 aliphatic rings. The van der Waals surface area contributed by atoms with Gasteiger partial charge in [-0.2, -0.15) is 0 Å². The SMILES string of the molecule is CNC[C@@H](CS(=O)(=O)CCCCCN1CC(=O)NC1=O)c1ccc(Cl)c(OCC2CC2)c1. The average Bonchev–Trinajstić information content (AvgIpc) is 3.50. The van der Waals surface area contributed by atoms with Crippen molar-refractivity contribution >= 4 is 33.4 Å². The highest BCUT2D eigenvalue weighted by atomic mass is 35.5. The predicted molar refractivity (Wildman–Crippen MR) is 124 cm³/mol. The van der Waals surface area contributed by atoms with Gasteiger partial charge in [0.1, 0.15) is 12.3 Å². The Bertz CT molecular complexity index is 920. The molecule has 2 N–H and O–H groups in total. The second-order valence-electron chi connectivity index (χ2n) is 8.65. The van der Waals surface area contributed by atoms with Crippen molar-refractivity contribution in [2.75, 3.05) is 44.8 Å². The number of benzene rings is 1. The Morgan fingerprint density at radius 2 is 2.03 bits per heavy atom. The zero-order chi connectivity index (χ0) is 23.1. The fraction of sp³-hybridized carbons (Fsp3) is 0.636. The third-order valence-corrected chi connectivity index (χ3v) is 7.89. The molecule has 1 heterocycles.